The zero-order chi connectivity index (χ0) is 8.36. The van der Waals surface area contributed by atoms with Crippen molar-refractivity contribution in [1.29, 1.82) is 0 Å². The summed E-state index contributed by atoms with van der Waals surface area (Å²) in [6.07, 6.45) is 0. The molecule has 60 valence electrons. The van der Waals surface area contributed by atoms with Crippen molar-refractivity contribution < 1.29 is 28.9 Å². The van der Waals surface area contributed by atoms with Crippen LogP contribution in [0.3, 0.4) is 0 Å². The van der Waals surface area contributed by atoms with Crippen LogP contribution in [0.15, 0.2) is 0 Å². The fourth-order valence-electron chi connectivity index (χ4n) is 0.161. The Morgan fingerprint density at radius 2 is 1.90 bits per heavy atom. The second-order valence-corrected chi connectivity index (χ2v) is 4.79. The van der Waals surface area contributed by atoms with Crippen LogP contribution >= 0.6 is 46.4 Å². The van der Waals surface area contributed by atoms with Gasteiger partial charge in [-0.3, -0.25) is 0 Å². The second kappa shape index (κ2) is 4.58. The Morgan fingerprint density at radius 1 is 1.50 bits per heavy atom. The van der Waals surface area contributed by atoms with Crippen molar-refractivity contribution in [2.24, 2.45) is 0 Å². The molecule has 0 radical (unpaired) electrons. The molecule has 0 bridgehead atoms. The summed E-state index contributed by atoms with van der Waals surface area (Å²) in [5.74, 6) is 0. The van der Waals surface area contributed by atoms with Gasteiger partial charge in [0.2, 0.25) is 0 Å². The molecule has 10 heavy (non-hydrogen) atoms. The molecule has 0 aliphatic carbocycles. The zero-order valence-corrected chi connectivity index (χ0v) is 8.94. The Hall–Kier alpha value is 1.59. The fourth-order valence-corrected chi connectivity index (χ4v) is 1.58. The summed E-state index contributed by atoms with van der Waals surface area (Å²) in [7, 11) is 0. The summed E-state index contributed by atoms with van der Waals surface area (Å²) in [6.45, 7) is 0. The molecular weight excluding hydrogens is 262 g/mol. The molecule has 0 rings (SSSR count). The SMILES string of the molecule is [O]=[Ti]([OH])[O]C(Cl)(Cl)C(Cl)Cl. The van der Waals surface area contributed by atoms with E-state index in [4.69, 9.17) is 50.1 Å². The van der Waals surface area contributed by atoms with Crippen LogP contribution in [0.5, 0.6) is 0 Å². The number of hydrogen-bond acceptors (Lipinski definition) is 2. The predicted molar refractivity (Wildman–Crippen MR) is 33.9 cm³/mol. The molecule has 0 aromatic rings. The molecule has 0 aliphatic rings. The molecule has 0 amide bonds. The van der Waals surface area contributed by atoms with E-state index in [9.17, 15) is 3.32 Å². The molecule has 0 heterocycles. The number of alkyl halides is 4. The Bertz CT molecular complexity index is 136. The maximum absolute atomic E-state index is 10.1. The topological polar surface area (TPSA) is 46.5 Å². The molecule has 0 aliphatic heterocycles. The van der Waals surface area contributed by atoms with E-state index in [0.29, 0.717) is 0 Å². The van der Waals surface area contributed by atoms with Gasteiger partial charge in [0.05, 0.1) is 0 Å². The number of hydrogen-bond donors (Lipinski definition) is 1. The Labute approximate surface area is 84.2 Å². The van der Waals surface area contributed by atoms with Gasteiger partial charge in [0.25, 0.3) is 0 Å². The quantitative estimate of drug-likeness (QED) is 0.623. The predicted octanol–water partition coefficient (Wildman–Crippen LogP) is 1.72. The third-order valence-electron chi connectivity index (χ3n) is 0.477. The first kappa shape index (κ1) is 11.6. The third kappa shape index (κ3) is 4.47. The maximum atomic E-state index is 10.1. The third-order valence-corrected chi connectivity index (χ3v) is 3.31. The van der Waals surface area contributed by atoms with Gasteiger partial charge in [0, 0.05) is 0 Å². The monoisotopic (exact) mass is 262 g/mol. The van der Waals surface area contributed by atoms with Crippen LogP contribution in [-0.2, 0) is 25.3 Å². The van der Waals surface area contributed by atoms with Crippen molar-refractivity contribution in [2.45, 2.75) is 9.36 Å². The van der Waals surface area contributed by atoms with Crippen LogP contribution in [0.4, 0.5) is 0 Å². The van der Waals surface area contributed by atoms with E-state index in [0.717, 1.165) is 0 Å². The number of rotatable bonds is 3. The Kier molecular flexibility index (Phi) is 5.31. The minimum atomic E-state index is -3.77. The van der Waals surface area contributed by atoms with E-state index in [1.54, 1.807) is 0 Å². The van der Waals surface area contributed by atoms with E-state index in [2.05, 4.69) is 3.32 Å². The first-order valence-corrected chi connectivity index (χ1v) is 5.54. The molecule has 0 fully saturated rings. The normalized spacial score (nSPS) is 12.2. The summed E-state index contributed by atoms with van der Waals surface area (Å²) in [6, 6.07) is 0. The number of halogens is 4. The van der Waals surface area contributed by atoms with Gasteiger partial charge in [-0.05, 0) is 0 Å². The molecule has 8 heteroatoms. The van der Waals surface area contributed by atoms with Gasteiger partial charge in [-0.15, -0.1) is 0 Å². The average molecular weight is 264 g/mol. The van der Waals surface area contributed by atoms with Gasteiger partial charge >= 0.3 is 84.7 Å². The summed E-state index contributed by atoms with van der Waals surface area (Å²) in [5.41, 5.74) is 0. The minimum absolute atomic E-state index is 1.26. The van der Waals surface area contributed by atoms with Crippen molar-refractivity contribution in [3.63, 3.8) is 0 Å². The van der Waals surface area contributed by atoms with Crippen molar-refractivity contribution in [1.82, 2.24) is 0 Å². The van der Waals surface area contributed by atoms with E-state index < -0.39 is 28.0 Å². The van der Waals surface area contributed by atoms with Crippen LogP contribution in [0.2, 0.25) is 0 Å². The molecule has 0 saturated heterocycles. The molecular formula is C2H2Cl4O3Ti. The van der Waals surface area contributed by atoms with Crippen molar-refractivity contribution >= 4 is 46.4 Å². The van der Waals surface area contributed by atoms with Crippen LogP contribution in [0.25, 0.3) is 0 Å². The molecule has 1 N–H and O–H groups in total. The van der Waals surface area contributed by atoms with Gasteiger partial charge in [0.15, 0.2) is 0 Å². The van der Waals surface area contributed by atoms with E-state index >= 15 is 0 Å². The van der Waals surface area contributed by atoms with E-state index in [1.165, 1.54) is 0 Å². The van der Waals surface area contributed by atoms with E-state index in [1.807, 2.05) is 0 Å². The summed E-state index contributed by atoms with van der Waals surface area (Å²) in [4.78, 5) is -1.26. The first-order valence-electron chi connectivity index (χ1n) is 1.94. The second-order valence-electron chi connectivity index (χ2n) is 1.23. The molecule has 0 aromatic carbocycles. The molecule has 0 spiro atoms. The van der Waals surface area contributed by atoms with E-state index in [-0.39, 0.29) is 0 Å². The summed E-state index contributed by atoms with van der Waals surface area (Å²) in [5, 5.41) is 0. The van der Waals surface area contributed by atoms with Crippen molar-refractivity contribution in [3.8, 4) is 0 Å². The zero-order valence-electron chi connectivity index (χ0n) is 4.35. The van der Waals surface area contributed by atoms with Crippen molar-refractivity contribution in [2.75, 3.05) is 0 Å². The molecule has 0 atom stereocenters. The van der Waals surface area contributed by atoms with Crippen LogP contribution in [0.1, 0.15) is 0 Å². The molecule has 3 nitrogen and oxygen atoms in total. The fraction of sp³-hybridized carbons (Fsp3) is 1.00. The van der Waals surface area contributed by atoms with Gasteiger partial charge in [0.1, 0.15) is 0 Å². The van der Waals surface area contributed by atoms with Crippen LogP contribution < -0.4 is 0 Å². The Balaban J connectivity index is 3.99. The van der Waals surface area contributed by atoms with Gasteiger partial charge < -0.3 is 0 Å². The van der Waals surface area contributed by atoms with Crippen LogP contribution in [-0.4, -0.2) is 13.0 Å². The summed E-state index contributed by atoms with van der Waals surface area (Å²) >= 11 is 17.0. The van der Waals surface area contributed by atoms with Gasteiger partial charge in [-0.25, -0.2) is 0 Å². The molecule has 0 unspecified atom stereocenters. The van der Waals surface area contributed by atoms with Crippen LogP contribution in [0, 0.1) is 0 Å². The Morgan fingerprint density at radius 3 is 2.00 bits per heavy atom. The standard InChI is InChI=1S/C2HCl4O.H2O.O.Ti/c3-1(4)2(5,6)7;;;/h1H;1H2;;/q-1;;;+2/p-1. The molecule has 0 aromatic heterocycles. The molecule has 0 saturated carbocycles. The van der Waals surface area contributed by atoms with Gasteiger partial charge in [-0.1, -0.05) is 0 Å². The first-order chi connectivity index (χ1) is 4.36. The van der Waals surface area contributed by atoms with Crippen molar-refractivity contribution in [3.05, 3.63) is 0 Å². The average Bonchev–Trinajstić information content (AvgIpc) is 1.60. The summed E-state index contributed by atoms with van der Waals surface area (Å²) < 4.78 is 20.4. The van der Waals surface area contributed by atoms with Gasteiger partial charge in [-0.2, -0.15) is 0 Å².